The fourth-order valence-corrected chi connectivity index (χ4v) is 23.9. The van der Waals surface area contributed by atoms with Gasteiger partial charge in [0, 0.05) is 11.8 Å². The van der Waals surface area contributed by atoms with Gasteiger partial charge in [-0.05, 0) is 173 Å². The number of alkyl halides is 4. The maximum Gasteiger partial charge on any atom is 0.165 e. The van der Waals surface area contributed by atoms with Crippen molar-refractivity contribution in [3.63, 3.8) is 0 Å². The van der Waals surface area contributed by atoms with Gasteiger partial charge in [0.1, 0.15) is 12.3 Å². The summed E-state index contributed by atoms with van der Waals surface area (Å²) in [5.41, 5.74) is 0. The van der Waals surface area contributed by atoms with Crippen LogP contribution >= 0.6 is 0 Å². The number of rotatable bonds is 0. The van der Waals surface area contributed by atoms with Gasteiger partial charge in [-0.1, -0.05) is 89.9 Å². The van der Waals surface area contributed by atoms with Crippen molar-refractivity contribution in [2.24, 2.45) is 94.7 Å². The normalized spacial score (nSPS) is 59.0. The highest BCUT2D eigenvalue weighted by Crippen LogP contribution is 2.50. The summed E-state index contributed by atoms with van der Waals surface area (Å²) in [5, 5.41) is 64.4. The number of hydrogen-bond acceptors (Lipinski definition) is 16. The Balaban J connectivity index is 0.000000133. The Hall–Kier alpha value is -0.920. The zero-order valence-electron chi connectivity index (χ0n) is 50.1. The second-order valence-electron chi connectivity index (χ2n) is 31.5. The molecule has 0 aromatic carbocycles. The van der Waals surface area contributed by atoms with Crippen LogP contribution in [0.2, 0.25) is 0 Å². The Kier molecular flexibility index (Phi) is 16.0. The first kappa shape index (κ1) is 57.0. The number of fused-ring (bicyclic) bond motifs is 40. The predicted molar refractivity (Wildman–Crippen MR) is 315 cm³/mol. The summed E-state index contributed by atoms with van der Waals surface area (Å²) in [4.78, 5) is 0. The predicted octanol–water partition coefficient (Wildman–Crippen LogP) is 5.00. The summed E-state index contributed by atoms with van der Waals surface area (Å²) < 4.78 is 61.5. The highest BCUT2D eigenvalue weighted by molar-refractivity contribution is 5.15. The lowest BCUT2D eigenvalue weighted by Gasteiger charge is -2.41. The minimum Gasteiger partial charge on any atom is -0.286 e. The SMILES string of the molecule is C1CCC2C3NC(NC4NC(NC5NC(NC6NC(N3)C3CCCCC63)C3CCCCC53)C3CCCCC43)C2C1.FC1C(F)C(F)C2C3NC4NC(NC5NC(NC6NC(NC(N3)C2C1F)C1CCCCC61)C1CCCCC51)C1CCCCC41. The van der Waals surface area contributed by atoms with Crippen molar-refractivity contribution in [1.29, 1.82) is 0 Å². The zero-order valence-corrected chi connectivity index (χ0v) is 50.1. The van der Waals surface area contributed by atoms with E-state index in [4.69, 9.17) is 0 Å². The van der Waals surface area contributed by atoms with Crippen LogP contribution in [0, 0.1) is 94.7 Å². The van der Waals surface area contributed by atoms with E-state index in [0.29, 0.717) is 84.8 Å². The molecular weight excluding hydrogens is 1070 g/mol. The minimum absolute atomic E-state index is 0.0953. The molecule has 10 aliphatic heterocycles. The van der Waals surface area contributed by atoms with Crippen LogP contribution in [0.15, 0.2) is 0 Å². The highest BCUT2D eigenvalue weighted by Gasteiger charge is 2.64. The molecule has 10 heterocycles. The van der Waals surface area contributed by atoms with Crippen LogP contribution in [0.25, 0.3) is 0 Å². The molecule has 28 unspecified atom stereocenters. The van der Waals surface area contributed by atoms with E-state index >= 15 is 8.78 Å². The van der Waals surface area contributed by atoms with Gasteiger partial charge in [0.15, 0.2) is 12.3 Å². The van der Waals surface area contributed by atoms with E-state index in [9.17, 15) is 8.78 Å². The number of hydrogen-bond donors (Lipinski definition) is 16. The molecule has 16 nitrogen and oxygen atoms in total. The van der Waals surface area contributed by atoms with Gasteiger partial charge in [-0.3, -0.25) is 85.1 Å². The second-order valence-corrected chi connectivity index (χ2v) is 31.5. The quantitative estimate of drug-likeness (QED) is 0.145. The first-order valence-electron chi connectivity index (χ1n) is 36.0. The van der Waals surface area contributed by atoms with Crippen molar-refractivity contribution in [2.45, 2.75) is 303 Å². The van der Waals surface area contributed by atoms with Gasteiger partial charge in [-0.2, -0.15) is 0 Å². The molecule has 20 heteroatoms. The van der Waals surface area contributed by atoms with Crippen LogP contribution in [-0.4, -0.2) is 123 Å². The largest absolute Gasteiger partial charge is 0.286 e. The first-order chi connectivity index (χ1) is 41.3. The molecule has 0 aromatic rings. The molecule has 0 aromatic heterocycles. The Bertz CT molecular complexity index is 2000. The third kappa shape index (κ3) is 10.00. The zero-order chi connectivity index (χ0) is 55.9. The van der Waals surface area contributed by atoms with E-state index in [1.165, 1.54) is 141 Å². The summed E-state index contributed by atoms with van der Waals surface area (Å²) in [5.74, 6) is 6.60. The van der Waals surface area contributed by atoms with Gasteiger partial charge in [-0.25, -0.2) is 17.6 Å². The molecular formula is C64H108F4N16. The van der Waals surface area contributed by atoms with Crippen molar-refractivity contribution in [1.82, 2.24) is 85.1 Å². The monoisotopic (exact) mass is 1180 g/mol. The molecule has 0 amide bonds. The van der Waals surface area contributed by atoms with Crippen LogP contribution in [0.5, 0.6) is 0 Å². The molecule has 8 saturated carbocycles. The molecule has 28 atom stereocenters. The van der Waals surface area contributed by atoms with E-state index in [0.717, 1.165) is 85.9 Å². The topological polar surface area (TPSA) is 192 Å². The molecule has 16 N–H and O–H groups in total. The standard InChI is InChI=1S/C32H52F4N8.C32H56N8/c33-21-19-20(22(34)24(36)23(21)35)32-43-30-18-12-6-4-10-16(18)28(41-30)39-26-14-8-2-1-7-13(14)25(37-26)38-27-15-9-3-5-11-17(15)29(40-27)42-31(19)44-32;1-2-10-18-17(9-1)25-33-26(18)38-28-21-13-5-6-14-22(21)30(35-28)40-32-24-16-8-7-15-23(24)31(36-32)39-29-20-12-4-3-11-19(20)27(34-29)37-25/h13-32,37-44H,1-12H2;17-40H,1-16H2. The maximum absolute atomic E-state index is 15.8. The molecule has 10 saturated heterocycles. The number of halogens is 4. The molecule has 0 radical (unpaired) electrons. The molecule has 16 bridgehead atoms. The van der Waals surface area contributed by atoms with Gasteiger partial charge in [0.25, 0.3) is 0 Å². The van der Waals surface area contributed by atoms with Crippen LogP contribution in [-0.2, 0) is 0 Å². The van der Waals surface area contributed by atoms with Gasteiger partial charge < -0.3 is 0 Å². The van der Waals surface area contributed by atoms with Gasteiger partial charge >= 0.3 is 0 Å². The summed E-state index contributed by atoms with van der Waals surface area (Å²) in [6.07, 6.45) is 29.6. The lowest BCUT2D eigenvalue weighted by Crippen LogP contribution is -2.62. The fraction of sp³-hybridized carbons (Fsp3) is 1.00. The van der Waals surface area contributed by atoms with E-state index in [1.54, 1.807) is 0 Å². The van der Waals surface area contributed by atoms with Crippen molar-refractivity contribution in [3.05, 3.63) is 0 Å². The summed E-state index contributed by atoms with van der Waals surface area (Å²) in [6.45, 7) is 0. The van der Waals surface area contributed by atoms with Gasteiger partial charge in [0.2, 0.25) is 0 Å². The van der Waals surface area contributed by atoms with E-state index in [2.05, 4.69) is 85.1 Å². The summed E-state index contributed by atoms with van der Waals surface area (Å²) >= 11 is 0. The molecule has 18 aliphatic rings. The van der Waals surface area contributed by atoms with Crippen molar-refractivity contribution in [2.75, 3.05) is 0 Å². The lowest BCUT2D eigenvalue weighted by molar-refractivity contribution is -0.0799. The Morgan fingerprint density at radius 2 is 0.250 bits per heavy atom. The van der Waals surface area contributed by atoms with E-state index in [1.807, 2.05) is 0 Å². The first-order valence-corrected chi connectivity index (χ1v) is 36.0. The van der Waals surface area contributed by atoms with Crippen molar-refractivity contribution >= 4 is 0 Å². The third-order valence-electron chi connectivity index (χ3n) is 27.7. The molecule has 84 heavy (non-hydrogen) atoms. The average molecular weight is 1180 g/mol. The molecule has 8 aliphatic carbocycles. The van der Waals surface area contributed by atoms with E-state index < -0.39 is 48.9 Å². The highest BCUT2D eigenvalue weighted by atomic mass is 19.2. The fourth-order valence-electron chi connectivity index (χ4n) is 23.9. The smallest absolute Gasteiger partial charge is 0.165 e. The van der Waals surface area contributed by atoms with Crippen LogP contribution < -0.4 is 85.1 Å². The van der Waals surface area contributed by atoms with Gasteiger partial charge in [-0.15, -0.1) is 0 Å². The van der Waals surface area contributed by atoms with Crippen molar-refractivity contribution < 1.29 is 17.6 Å². The molecule has 18 fully saturated rings. The Morgan fingerprint density at radius 1 is 0.143 bits per heavy atom. The third-order valence-corrected chi connectivity index (χ3v) is 27.7. The Morgan fingerprint density at radius 3 is 0.381 bits per heavy atom. The molecule has 18 rings (SSSR count). The molecule has 472 valence electrons. The maximum atomic E-state index is 15.8. The number of nitrogens with one attached hydrogen (secondary N) is 16. The van der Waals surface area contributed by atoms with E-state index in [-0.39, 0.29) is 37.0 Å². The average Bonchev–Trinajstić information content (AvgIpc) is 3.23. The van der Waals surface area contributed by atoms with Crippen LogP contribution in [0.1, 0.15) is 180 Å². The van der Waals surface area contributed by atoms with Crippen LogP contribution in [0.4, 0.5) is 17.6 Å². The van der Waals surface area contributed by atoms with Crippen LogP contribution in [0.3, 0.4) is 0 Å². The summed E-state index contributed by atoms with van der Waals surface area (Å²) in [7, 11) is 0. The Labute approximate surface area is 498 Å². The minimum atomic E-state index is -2.45. The summed E-state index contributed by atoms with van der Waals surface area (Å²) in [6, 6.07) is 0. The lowest BCUT2D eigenvalue weighted by atomic mass is 9.74. The molecule has 0 spiro atoms. The second kappa shape index (κ2) is 23.6. The van der Waals surface area contributed by atoms with Gasteiger partial charge in [0.05, 0.1) is 98.7 Å². The van der Waals surface area contributed by atoms with Crippen molar-refractivity contribution in [3.8, 4) is 0 Å².